The number of aryl methyl sites for hydroxylation is 1. The molecule has 0 aliphatic rings. The molecule has 2 nitrogen and oxygen atoms in total. The Morgan fingerprint density at radius 2 is 1.75 bits per heavy atom. The first-order valence-electron chi connectivity index (χ1n) is 6.92. The molecular weight excluding hydrogens is 246 g/mol. The fourth-order valence-electron chi connectivity index (χ4n) is 2.49. The zero-order valence-electron chi connectivity index (χ0n) is 11.5. The van der Waals surface area contributed by atoms with Gasteiger partial charge in [-0.15, -0.1) is 0 Å². The number of nitrogens with zero attached hydrogens (tertiary/aromatic N) is 1. The third-order valence-electron chi connectivity index (χ3n) is 3.72. The number of fused-ring (bicyclic) bond motifs is 1. The summed E-state index contributed by atoms with van der Waals surface area (Å²) in [6, 6.07) is 16.6. The van der Waals surface area contributed by atoms with Gasteiger partial charge in [-0.05, 0) is 35.1 Å². The SMILES string of the molecule is CCc1ccc(Cn2ccc3ccc(C=O)cc32)cc1. The van der Waals surface area contributed by atoms with Gasteiger partial charge in [0.05, 0.1) is 0 Å². The predicted octanol–water partition coefficient (Wildman–Crippen LogP) is 4.06. The Morgan fingerprint density at radius 1 is 1.00 bits per heavy atom. The molecule has 20 heavy (non-hydrogen) atoms. The highest BCUT2D eigenvalue weighted by molar-refractivity contribution is 5.87. The number of hydrogen-bond acceptors (Lipinski definition) is 1. The molecule has 0 atom stereocenters. The van der Waals surface area contributed by atoms with Crippen molar-refractivity contribution in [2.24, 2.45) is 0 Å². The lowest BCUT2D eigenvalue weighted by Gasteiger charge is -2.07. The molecule has 0 bridgehead atoms. The Labute approximate surface area is 118 Å². The first-order valence-corrected chi connectivity index (χ1v) is 6.92. The van der Waals surface area contributed by atoms with Gasteiger partial charge in [-0.25, -0.2) is 0 Å². The fraction of sp³-hybridized carbons (Fsp3) is 0.167. The van der Waals surface area contributed by atoms with Gasteiger partial charge in [0, 0.05) is 23.8 Å². The van der Waals surface area contributed by atoms with Crippen molar-refractivity contribution in [3.8, 4) is 0 Å². The summed E-state index contributed by atoms with van der Waals surface area (Å²) in [7, 11) is 0. The van der Waals surface area contributed by atoms with E-state index in [4.69, 9.17) is 0 Å². The Hall–Kier alpha value is -2.35. The Morgan fingerprint density at radius 3 is 2.45 bits per heavy atom. The molecule has 0 spiro atoms. The molecule has 1 heterocycles. The fourth-order valence-corrected chi connectivity index (χ4v) is 2.49. The van der Waals surface area contributed by atoms with Crippen LogP contribution in [0.5, 0.6) is 0 Å². The third-order valence-corrected chi connectivity index (χ3v) is 3.72. The standard InChI is InChI=1S/C18H17NO/c1-2-14-3-5-15(6-4-14)12-19-10-9-17-8-7-16(13-20)11-18(17)19/h3-11,13H,2,12H2,1H3. The molecule has 3 rings (SSSR count). The lowest BCUT2D eigenvalue weighted by Crippen LogP contribution is -1.98. The Bertz CT molecular complexity index is 738. The van der Waals surface area contributed by atoms with E-state index < -0.39 is 0 Å². The average molecular weight is 263 g/mol. The van der Waals surface area contributed by atoms with E-state index in [2.05, 4.69) is 48.0 Å². The molecule has 0 aliphatic heterocycles. The van der Waals surface area contributed by atoms with Gasteiger partial charge in [-0.1, -0.05) is 43.3 Å². The third kappa shape index (κ3) is 2.37. The van der Waals surface area contributed by atoms with E-state index in [-0.39, 0.29) is 0 Å². The second-order valence-electron chi connectivity index (χ2n) is 5.05. The molecule has 2 heteroatoms. The van der Waals surface area contributed by atoms with Crippen molar-refractivity contribution in [1.29, 1.82) is 0 Å². The van der Waals surface area contributed by atoms with Crippen molar-refractivity contribution in [2.75, 3.05) is 0 Å². The van der Waals surface area contributed by atoms with Crippen LogP contribution in [-0.2, 0) is 13.0 Å². The molecule has 0 aliphatic carbocycles. The maximum absolute atomic E-state index is 10.9. The van der Waals surface area contributed by atoms with E-state index >= 15 is 0 Å². The van der Waals surface area contributed by atoms with Crippen LogP contribution in [0.15, 0.2) is 54.7 Å². The summed E-state index contributed by atoms with van der Waals surface area (Å²) in [6.07, 6.45) is 4.04. The van der Waals surface area contributed by atoms with E-state index in [9.17, 15) is 4.79 Å². The molecule has 0 fully saturated rings. The van der Waals surface area contributed by atoms with Crippen molar-refractivity contribution in [3.05, 3.63) is 71.4 Å². The molecule has 1 aromatic heterocycles. The summed E-state index contributed by atoms with van der Waals surface area (Å²) in [5.74, 6) is 0. The van der Waals surface area contributed by atoms with Crippen LogP contribution in [0.4, 0.5) is 0 Å². The number of carbonyl (C=O) groups excluding carboxylic acids is 1. The minimum absolute atomic E-state index is 0.721. The summed E-state index contributed by atoms with van der Waals surface area (Å²) in [6.45, 7) is 2.99. The molecule has 0 N–H and O–H groups in total. The second kappa shape index (κ2) is 5.33. The average Bonchev–Trinajstić information content (AvgIpc) is 2.90. The molecule has 0 saturated carbocycles. The quantitative estimate of drug-likeness (QED) is 0.650. The van der Waals surface area contributed by atoms with Crippen molar-refractivity contribution in [2.45, 2.75) is 19.9 Å². The first-order chi connectivity index (χ1) is 9.80. The summed E-state index contributed by atoms with van der Waals surface area (Å²) in [5, 5.41) is 1.17. The van der Waals surface area contributed by atoms with Crippen molar-refractivity contribution in [3.63, 3.8) is 0 Å². The van der Waals surface area contributed by atoms with E-state index in [1.807, 2.05) is 18.2 Å². The van der Waals surface area contributed by atoms with Gasteiger partial charge in [-0.3, -0.25) is 4.79 Å². The summed E-state index contributed by atoms with van der Waals surface area (Å²) in [5.41, 5.74) is 4.46. The topological polar surface area (TPSA) is 22.0 Å². The minimum Gasteiger partial charge on any atom is -0.343 e. The van der Waals surface area contributed by atoms with Gasteiger partial charge in [0.1, 0.15) is 6.29 Å². The number of aldehydes is 1. The zero-order valence-corrected chi connectivity index (χ0v) is 11.5. The Kier molecular flexibility index (Phi) is 3.38. The summed E-state index contributed by atoms with van der Waals surface area (Å²) >= 11 is 0. The van der Waals surface area contributed by atoms with Gasteiger partial charge in [0.2, 0.25) is 0 Å². The van der Waals surface area contributed by atoms with E-state index in [1.165, 1.54) is 16.5 Å². The van der Waals surface area contributed by atoms with Crippen LogP contribution in [0.3, 0.4) is 0 Å². The normalized spacial score (nSPS) is 10.8. The molecule has 0 amide bonds. The van der Waals surface area contributed by atoms with Crippen LogP contribution in [-0.4, -0.2) is 10.9 Å². The van der Waals surface area contributed by atoms with Crippen LogP contribution in [0.2, 0.25) is 0 Å². The highest BCUT2D eigenvalue weighted by Gasteiger charge is 2.03. The van der Waals surface area contributed by atoms with Gasteiger partial charge in [-0.2, -0.15) is 0 Å². The Balaban J connectivity index is 1.94. The number of rotatable bonds is 4. The van der Waals surface area contributed by atoms with Crippen LogP contribution in [0.1, 0.15) is 28.4 Å². The first kappa shape index (κ1) is 12.7. The van der Waals surface area contributed by atoms with Crippen LogP contribution < -0.4 is 0 Å². The number of aromatic nitrogens is 1. The number of benzene rings is 2. The smallest absolute Gasteiger partial charge is 0.150 e. The molecule has 100 valence electrons. The van der Waals surface area contributed by atoms with Gasteiger partial charge in [0.25, 0.3) is 0 Å². The van der Waals surface area contributed by atoms with Crippen LogP contribution in [0, 0.1) is 0 Å². The van der Waals surface area contributed by atoms with E-state index in [0.29, 0.717) is 0 Å². The monoisotopic (exact) mass is 263 g/mol. The van der Waals surface area contributed by atoms with Gasteiger partial charge >= 0.3 is 0 Å². The van der Waals surface area contributed by atoms with Crippen molar-refractivity contribution in [1.82, 2.24) is 4.57 Å². The van der Waals surface area contributed by atoms with Crippen LogP contribution in [0.25, 0.3) is 10.9 Å². The second-order valence-corrected chi connectivity index (χ2v) is 5.05. The summed E-state index contributed by atoms with van der Waals surface area (Å²) < 4.78 is 2.18. The number of hydrogen-bond donors (Lipinski definition) is 0. The lowest BCUT2D eigenvalue weighted by atomic mass is 10.1. The molecule has 0 unspecified atom stereocenters. The van der Waals surface area contributed by atoms with E-state index in [1.54, 1.807) is 0 Å². The van der Waals surface area contributed by atoms with Crippen LogP contribution >= 0.6 is 0 Å². The molecule has 0 radical (unpaired) electrons. The highest BCUT2D eigenvalue weighted by atomic mass is 16.1. The van der Waals surface area contributed by atoms with Crippen molar-refractivity contribution < 1.29 is 4.79 Å². The predicted molar refractivity (Wildman–Crippen MR) is 82.2 cm³/mol. The summed E-state index contributed by atoms with van der Waals surface area (Å²) in [4.78, 5) is 10.9. The molecular formula is C18H17NO. The van der Waals surface area contributed by atoms with Gasteiger partial charge in [0.15, 0.2) is 0 Å². The van der Waals surface area contributed by atoms with Crippen molar-refractivity contribution >= 4 is 17.2 Å². The minimum atomic E-state index is 0.721. The van der Waals surface area contributed by atoms with Gasteiger partial charge < -0.3 is 4.57 Å². The number of carbonyl (C=O) groups is 1. The maximum atomic E-state index is 10.9. The molecule has 0 saturated heterocycles. The maximum Gasteiger partial charge on any atom is 0.150 e. The molecule has 2 aromatic carbocycles. The highest BCUT2D eigenvalue weighted by Crippen LogP contribution is 2.18. The largest absolute Gasteiger partial charge is 0.343 e. The lowest BCUT2D eigenvalue weighted by molar-refractivity contribution is 0.112. The zero-order chi connectivity index (χ0) is 13.9. The molecule has 3 aromatic rings. The van der Waals surface area contributed by atoms with E-state index in [0.717, 1.165) is 30.3 Å².